The van der Waals surface area contributed by atoms with Gasteiger partial charge < -0.3 is 10.5 Å². The summed E-state index contributed by atoms with van der Waals surface area (Å²) in [6.07, 6.45) is 3.21. The zero-order valence-electron chi connectivity index (χ0n) is 8.77. The molecular formula is C12H11FN2O. The number of halogens is 1. The zero-order chi connectivity index (χ0) is 11.5. The molecule has 16 heavy (non-hydrogen) atoms. The van der Waals surface area contributed by atoms with E-state index in [4.69, 9.17) is 10.5 Å². The monoisotopic (exact) mass is 218 g/mol. The molecule has 2 aromatic rings. The summed E-state index contributed by atoms with van der Waals surface area (Å²) in [5.74, 6) is -0.288. The number of nitrogen functional groups attached to an aromatic ring is 1. The van der Waals surface area contributed by atoms with Gasteiger partial charge in [-0.15, -0.1) is 0 Å². The van der Waals surface area contributed by atoms with E-state index in [1.807, 2.05) is 0 Å². The van der Waals surface area contributed by atoms with Crippen molar-refractivity contribution in [3.05, 3.63) is 42.5 Å². The van der Waals surface area contributed by atoms with E-state index in [0.29, 0.717) is 16.8 Å². The van der Waals surface area contributed by atoms with E-state index in [-0.39, 0.29) is 5.75 Å². The molecule has 82 valence electrons. The van der Waals surface area contributed by atoms with Crippen LogP contribution in [0.4, 0.5) is 10.1 Å². The standard InChI is InChI=1S/C12H11FN2O/c1-16-11-6-9(14)5-10(12(11)13)8-3-2-4-15-7-8/h2-7H,14H2,1H3. The molecule has 2 N–H and O–H groups in total. The van der Waals surface area contributed by atoms with Crippen LogP contribution in [-0.2, 0) is 0 Å². The van der Waals surface area contributed by atoms with Gasteiger partial charge in [0.15, 0.2) is 11.6 Å². The first-order valence-electron chi connectivity index (χ1n) is 4.76. The molecule has 1 aromatic carbocycles. The fraction of sp³-hybridized carbons (Fsp3) is 0.0833. The van der Waals surface area contributed by atoms with Gasteiger partial charge in [0.1, 0.15) is 0 Å². The van der Waals surface area contributed by atoms with Gasteiger partial charge in [-0.2, -0.15) is 0 Å². The van der Waals surface area contributed by atoms with E-state index >= 15 is 0 Å². The van der Waals surface area contributed by atoms with Gasteiger partial charge in [0.2, 0.25) is 0 Å². The van der Waals surface area contributed by atoms with E-state index in [9.17, 15) is 4.39 Å². The first-order chi connectivity index (χ1) is 7.72. The Hall–Kier alpha value is -2.10. The van der Waals surface area contributed by atoms with E-state index in [0.717, 1.165) is 0 Å². The van der Waals surface area contributed by atoms with Crippen LogP contribution in [0.5, 0.6) is 5.75 Å². The van der Waals surface area contributed by atoms with Gasteiger partial charge in [0.05, 0.1) is 7.11 Å². The number of hydrogen-bond donors (Lipinski definition) is 1. The molecule has 0 amide bonds. The van der Waals surface area contributed by atoms with E-state index in [1.165, 1.54) is 13.2 Å². The molecule has 0 fully saturated rings. The maximum atomic E-state index is 13.9. The van der Waals surface area contributed by atoms with Crippen LogP contribution < -0.4 is 10.5 Å². The SMILES string of the molecule is COc1cc(N)cc(-c2cccnc2)c1F. The Bertz CT molecular complexity index is 500. The third kappa shape index (κ3) is 1.82. The Morgan fingerprint density at radius 1 is 1.38 bits per heavy atom. The first kappa shape index (κ1) is 10.4. The van der Waals surface area contributed by atoms with E-state index < -0.39 is 5.82 Å². The van der Waals surface area contributed by atoms with Gasteiger partial charge in [-0.3, -0.25) is 4.98 Å². The Balaban J connectivity index is 2.61. The number of nitrogens with zero attached hydrogens (tertiary/aromatic N) is 1. The lowest BCUT2D eigenvalue weighted by Gasteiger charge is -2.08. The third-order valence-electron chi connectivity index (χ3n) is 2.25. The van der Waals surface area contributed by atoms with Crippen molar-refractivity contribution in [2.45, 2.75) is 0 Å². The summed E-state index contributed by atoms with van der Waals surface area (Å²) in [7, 11) is 1.41. The van der Waals surface area contributed by atoms with Crippen molar-refractivity contribution in [1.82, 2.24) is 4.98 Å². The van der Waals surface area contributed by atoms with E-state index in [1.54, 1.807) is 30.6 Å². The number of aromatic nitrogens is 1. The molecule has 0 spiro atoms. The Labute approximate surface area is 92.7 Å². The van der Waals surface area contributed by atoms with Gasteiger partial charge in [-0.05, 0) is 12.1 Å². The highest BCUT2D eigenvalue weighted by Crippen LogP contribution is 2.31. The lowest BCUT2D eigenvalue weighted by Crippen LogP contribution is -1.95. The second-order valence-electron chi connectivity index (χ2n) is 3.33. The van der Waals surface area contributed by atoms with Crippen molar-refractivity contribution in [2.24, 2.45) is 0 Å². The smallest absolute Gasteiger partial charge is 0.173 e. The van der Waals surface area contributed by atoms with Crippen LogP contribution in [0, 0.1) is 5.82 Å². The molecule has 0 aliphatic carbocycles. The van der Waals surface area contributed by atoms with Crippen molar-refractivity contribution < 1.29 is 9.13 Å². The number of benzene rings is 1. The molecule has 0 bridgehead atoms. The van der Waals surface area contributed by atoms with Crippen molar-refractivity contribution in [2.75, 3.05) is 12.8 Å². The summed E-state index contributed by atoms with van der Waals surface area (Å²) < 4.78 is 18.8. The van der Waals surface area contributed by atoms with Crippen LogP contribution >= 0.6 is 0 Å². The Morgan fingerprint density at radius 2 is 2.19 bits per heavy atom. The fourth-order valence-electron chi connectivity index (χ4n) is 1.50. The predicted octanol–water partition coefficient (Wildman–Crippen LogP) is 2.48. The Morgan fingerprint density at radius 3 is 2.81 bits per heavy atom. The summed E-state index contributed by atoms with van der Waals surface area (Å²) in [5.41, 5.74) is 7.20. The quantitative estimate of drug-likeness (QED) is 0.788. The number of hydrogen-bond acceptors (Lipinski definition) is 3. The molecule has 0 aliphatic heterocycles. The lowest BCUT2D eigenvalue weighted by atomic mass is 10.1. The molecule has 1 aromatic heterocycles. The maximum absolute atomic E-state index is 13.9. The molecule has 3 nitrogen and oxygen atoms in total. The second-order valence-corrected chi connectivity index (χ2v) is 3.33. The van der Waals surface area contributed by atoms with Crippen LogP contribution in [0.1, 0.15) is 0 Å². The van der Waals surface area contributed by atoms with Crippen LogP contribution in [0.2, 0.25) is 0 Å². The number of methoxy groups -OCH3 is 1. The highest BCUT2D eigenvalue weighted by molar-refractivity contribution is 5.69. The van der Waals surface area contributed by atoms with Crippen molar-refractivity contribution in [3.63, 3.8) is 0 Å². The molecule has 0 aliphatic rings. The molecule has 0 saturated heterocycles. The van der Waals surface area contributed by atoms with Gasteiger partial charge in [0, 0.05) is 35.3 Å². The summed E-state index contributed by atoms with van der Waals surface area (Å²) >= 11 is 0. The van der Waals surface area contributed by atoms with Gasteiger partial charge in [-0.1, -0.05) is 6.07 Å². The minimum atomic E-state index is -0.426. The molecular weight excluding hydrogens is 207 g/mol. The molecule has 0 unspecified atom stereocenters. The minimum Gasteiger partial charge on any atom is -0.494 e. The van der Waals surface area contributed by atoms with Crippen molar-refractivity contribution >= 4 is 5.69 Å². The second kappa shape index (κ2) is 4.18. The van der Waals surface area contributed by atoms with Crippen LogP contribution in [0.15, 0.2) is 36.7 Å². The van der Waals surface area contributed by atoms with Crippen molar-refractivity contribution in [1.29, 1.82) is 0 Å². The summed E-state index contributed by atoms with van der Waals surface area (Å²) in [6, 6.07) is 6.53. The maximum Gasteiger partial charge on any atom is 0.173 e. The number of anilines is 1. The third-order valence-corrected chi connectivity index (χ3v) is 2.25. The summed E-state index contributed by atoms with van der Waals surface area (Å²) in [6.45, 7) is 0. The molecule has 0 radical (unpaired) electrons. The topological polar surface area (TPSA) is 48.1 Å². The number of nitrogens with two attached hydrogens (primary N) is 1. The van der Waals surface area contributed by atoms with Crippen LogP contribution in [0.3, 0.4) is 0 Å². The molecule has 0 atom stereocenters. The van der Waals surface area contributed by atoms with Crippen molar-refractivity contribution in [3.8, 4) is 16.9 Å². The fourth-order valence-corrected chi connectivity index (χ4v) is 1.50. The highest BCUT2D eigenvalue weighted by atomic mass is 19.1. The van der Waals surface area contributed by atoms with E-state index in [2.05, 4.69) is 4.98 Å². The predicted molar refractivity (Wildman–Crippen MR) is 60.6 cm³/mol. The number of ether oxygens (including phenoxy) is 1. The minimum absolute atomic E-state index is 0.138. The summed E-state index contributed by atoms with van der Waals surface area (Å²) in [5, 5.41) is 0. The molecule has 4 heteroatoms. The van der Waals surface area contributed by atoms with Gasteiger partial charge in [-0.25, -0.2) is 4.39 Å². The Kier molecular flexibility index (Phi) is 2.72. The number of pyridine rings is 1. The summed E-state index contributed by atoms with van der Waals surface area (Å²) in [4.78, 5) is 3.94. The molecule has 2 rings (SSSR count). The lowest BCUT2D eigenvalue weighted by molar-refractivity contribution is 0.387. The average molecular weight is 218 g/mol. The number of rotatable bonds is 2. The average Bonchev–Trinajstić information content (AvgIpc) is 2.33. The highest BCUT2D eigenvalue weighted by Gasteiger charge is 2.11. The van der Waals surface area contributed by atoms with Gasteiger partial charge in [0.25, 0.3) is 0 Å². The first-order valence-corrected chi connectivity index (χ1v) is 4.76. The van der Waals surface area contributed by atoms with Gasteiger partial charge >= 0.3 is 0 Å². The zero-order valence-corrected chi connectivity index (χ0v) is 8.77. The molecule has 1 heterocycles. The normalized spacial score (nSPS) is 10.1. The van der Waals surface area contributed by atoms with Crippen LogP contribution in [-0.4, -0.2) is 12.1 Å². The largest absolute Gasteiger partial charge is 0.494 e. The van der Waals surface area contributed by atoms with Crippen LogP contribution in [0.25, 0.3) is 11.1 Å². The molecule has 0 saturated carbocycles.